The van der Waals surface area contributed by atoms with Gasteiger partial charge in [0.2, 0.25) is 5.95 Å². The normalized spacial score (nSPS) is 10.6. The smallest absolute Gasteiger partial charge is 0.203 e. The van der Waals surface area contributed by atoms with Crippen LogP contribution in [0.2, 0.25) is 0 Å². The maximum Gasteiger partial charge on any atom is 0.203 e. The maximum absolute atomic E-state index is 4.37. The second-order valence-corrected chi connectivity index (χ2v) is 4.58. The maximum atomic E-state index is 4.37. The van der Waals surface area contributed by atoms with Crippen molar-refractivity contribution in [2.75, 3.05) is 5.32 Å². The Kier molecular flexibility index (Phi) is 4.40. The molecule has 3 heteroatoms. The SMILES string of the molecule is CCCCn1ccnc1NCc1ccccc1C. The van der Waals surface area contributed by atoms with Crippen LogP contribution in [0.5, 0.6) is 0 Å². The fourth-order valence-electron chi connectivity index (χ4n) is 1.97. The second-order valence-electron chi connectivity index (χ2n) is 4.58. The lowest BCUT2D eigenvalue weighted by Crippen LogP contribution is -2.08. The van der Waals surface area contributed by atoms with Crippen molar-refractivity contribution >= 4 is 5.95 Å². The lowest BCUT2D eigenvalue weighted by molar-refractivity contribution is 0.635. The minimum absolute atomic E-state index is 0.829. The van der Waals surface area contributed by atoms with Crippen molar-refractivity contribution < 1.29 is 0 Å². The van der Waals surface area contributed by atoms with E-state index >= 15 is 0 Å². The summed E-state index contributed by atoms with van der Waals surface area (Å²) in [6, 6.07) is 8.44. The van der Waals surface area contributed by atoms with Crippen molar-refractivity contribution in [1.82, 2.24) is 9.55 Å². The van der Waals surface area contributed by atoms with Crippen molar-refractivity contribution in [3.05, 3.63) is 47.8 Å². The van der Waals surface area contributed by atoms with E-state index in [1.807, 2.05) is 12.4 Å². The Morgan fingerprint density at radius 2 is 2.11 bits per heavy atom. The summed E-state index contributed by atoms with van der Waals surface area (Å²) in [5, 5.41) is 3.41. The molecule has 0 unspecified atom stereocenters. The van der Waals surface area contributed by atoms with Crippen LogP contribution in [0.4, 0.5) is 5.95 Å². The van der Waals surface area contributed by atoms with Gasteiger partial charge >= 0.3 is 0 Å². The van der Waals surface area contributed by atoms with Crippen molar-refractivity contribution in [3.8, 4) is 0 Å². The molecular formula is C15H21N3. The minimum atomic E-state index is 0.829. The molecule has 0 saturated heterocycles. The number of nitrogens with one attached hydrogen (secondary N) is 1. The third kappa shape index (κ3) is 3.13. The highest BCUT2D eigenvalue weighted by atomic mass is 15.2. The van der Waals surface area contributed by atoms with Crippen molar-refractivity contribution in [2.45, 2.75) is 39.8 Å². The molecule has 0 radical (unpaired) electrons. The zero-order valence-corrected chi connectivity index (χ0v) is 11.2. The third-order valence-electron chi connectivity index (χ3n) is 3.17. The van der Waals surface area contributed by atoms with E-state index in [9.17, 15) is 0 Å². The van der Waals surface area contributed by atoms with E-state index in [1.165, 1.54) is 24.0 Å². The van der Waals surface area contributed by atoms with E-state index in [4.69, 9.17) is 0 Å². The van der Waals surface area contributed by atoms with Gasteiger partial charge in [-0.15, -0.1) is 0 Å². The highest BCUT2D eigenvalue weighted by molar-refractivity contribution is 5.32. The summed E-state index contributed by atoms with van der Waals surface area (Å²) >= 11 is 0. The van der Waals surface area contributed by atoms with Crippen LogP contribution in [0.1, 0.15) is 30.9 Å². The van der Waals surface area contributed by atoms with E-state index in [-0.39, 0.29) is 0 Å². The van der Waals surface area contributed by atoms with E-state index in [0.29, 0.717) is 0 Å². The molecule has 3 nitrogen and oxygen atoms in total. The Balaban J connectivity index is 1.98. The topological polar surface area (TPSA) is 29.9 Å². The number of aromatic nitrogens is 2. The number of benzene rings is 1. The summed E-state index contributed by atoms with van der Waals surface area (Å²) in [6.45, 7) is 6.21. The number of imidazole rings is 1. The number of unbranched alkanes of at least 4 members (excludes halogenated alkanes) is 1. The Bertz CT molecular complexity index is 488. The molecule has 96 valence electrons. The van der Waals surface area contributed by atoms with Crippen LogP contribution < -0.4 is 5.32 Å². The molecule has 0 atom stereocenters. The predicted octanol–water partition coefficient (Wildman–Crippen LogP) is 3.60. The van der Waals surface area contributed by atoms with Gasteiger partial charge in [0, 0.05) is 25.5 Å². The standard InChI is InChI=1S/C15H21N3/c1-3-4-10-18-11-9-16-15(18)17-12-14-8-6-5-7-13(14)2/h5-9,11H,3-4,10,12H2,1-2H3,(H,16,17). The Hall–Kier alpha value is -1.77. The number of hydrogen-bond acceptors (Lipinski definition) is 2. The Morgan fingerprint density at radius 3 is 2.89 bits per heavy atom. The van der Waals surface area contributed by atoms with Crippen LogP contribution in [-0.2, 0) is 13.1 Å². The number of nitrogens with zero attached hydrogens (tertiary/aromatic N) is 2. The van der Waals surface area contributed by atoms with Crippen molar-refractivity contribution in [2.24, 2.45) is 0 Å². The summed E-state index contributed by atoms with van der Waals surface area (Å²) in [5.41, 5.74) is 2.64. The lowest BCUT2D eigenvalue weighted by atomic mass is 10.1. The van der Waals surface area contributed by atoms with Gasteiger partial charge in [0.05, 0.1) is 0 Å². The number of aryl methyl sites for hydroxylation is 2. The number of anilines is 1. The molecule has 1 aromatic heterocycles. The van der Waals surface area contributed by atoms with Crippen LogP contribution in [0, 0.1) is 6.92 Å². The molecule has 0 aliphatic carbocycles. The van der Waals surface area contributed by atoms with E-state index < -0.39 is 0 Å². The fraction of sp³-hybridized carbons (Fsp3) is 0.400. The van der Waals surface area contributed by atoms with Gasteiger partial charge in [0.25, 0.3) is 0 Å². The average molecular weight is 243 g/mol. The first-order chi connectivity index (χ1) is 8.81. The summed E-state index contributed by atoms with van der Waals surface area (Å²) < 4.78 is 2.18. The Labute approximate surface area is 109 Å². The predicted molar refractivity (Wildman–Crippen MR) is 75.6 cm³/mol. The Morgan fingerprint density at radius 1 is 1.28 bits per heavy atom. The molecule has 2 rings (SSSR count). The summed E-state index contributed by atoms with van der Waals surface area (Å²) in [4.78, 5) is 4.37. The molecule has 0 spiro atoms. The van der Waals surface area contributed by atoms with Gasteiger partial charge in [0.1, 0.15) is 0 Å². The first-order valence-electron chi connectivity index (χ1n) is 6.60. The molecule has 0 aliphatic heterocycles. The molecule has 0 fully saturated rings. The van der Waals surface area contributed by atoms with Crippen molar-refractivity contribution in [1.29, 1.82) is 0 Å². The van der Waals surface area contributed by atoms with Crippen molar-refractivity contribution in [3.63, 3.8) is 0 Å². The molecule has 1 N–H and O–H groups in total. The van der Waals surface area contributed by atoms with Gasteiger partial charge in [0.15, 0.2) is 0 Å². The van der Waals surface area contributed by atoms with Crippen LogP contribution in [0.15, 0.2) is 36.7 Å². The van der Waals surface area contributed by atoms with Gasteiger partial charge in [-0.2, -0.15) is 0 Å². The second kappa shape index (κ2) is 6.24. The first kappa shape index (κ1) is 12.7. The van der Waals surface area contributed by atoms with E-state index in [2.05, 4.69) is 53.0 Å². The van der Waals surface area contributed by atoms with Crippen LogP contribution in [0.25, 0.3) is 0 Å². The largest absolute Gasteiger partial charge is 0.352 e. The zero-order chi connectivity index (χ0) is 12.8. The summed E-state index contributed by atoms with van der Waals surface area (Å²) in [7, 11) is 0. The van der Waals surface area contributed by atoms with Crippen LogP contribution in [-0.4, -0.2) is 9.55 Å². The highest BCUT2D eigenvalue weighted by Gasteiger charge is 2.02. The first-order valence-corrected chi connectivity index (χ1v) is 6.60. The quantitative estimate of drug-likeness (QED) is 0.840. The third-order valence-corrected chi connectivity index (χ3v) is 3.17. The van der Waals surface area contributed by atoms with Crippen LogP contribution in [0.3, 0.4) is 0 Å². The van der Waals surface area contributed by atoms with Gasteiger partial charge in [-0.1, -0.05) is 37.6 Å². The fourth-order valence-corrected chi connectivity index (χ4v) is 1.97. The molecule has 2 aromatic rings. The number of hydrogen-bond donors (Lipinski definition) is 1. The summed E-state index contributed by atoms with van der Waals surface area (Å²) in [6.07, 6.45) is 6.29. The van der Waals surface area contributed by atoms with E-state index in [1.54, 1.807) is 0 Å². The molecule has 0 aliphatic rings. The highest BCUT2D eigenvalue weighted by Crippen LogP contribution is 2.11. The average Bonchev–Trinajstić information content (AvgIpc) is 2.83. The monoisotopic (exact) mass is 243 g/mol. The van der Waals surface area contributed by atoms with Gasteiger partial charge in [-0.05, 0) is 24.5 Å². The van der Waals surface area contributed by atoms with Gasteiger partial charge in [-0.25, -0.2) is 4.98 Å². The molecular weight excluding hydrogens is 222 g/mol. The number of rotatable bonds is 6. The van der Waals surface area contributed by atoms with E-state index in [0.717, 1.165) is 19.0 Å². The van der Waals surface area contributed by atoms with Gasteiger partial charge < -0.3 is 9.88 Å². The molecule has 1 aromatic carbocycles. The molecule has 0 saturated carbocycles. The molecule has 0 amide bonds. The zero-order valence-electron chi connectivity index (χ0n) is 11.2. The van der Waals surface area contributed by atoms with Crippen LogP contribution >= 0.6 is 0 Å². The molecule has 18 heavy (non-hydrogen) atoms. The minimum Gasteiger partial charge on any atom is -0.352 e. The lowest BCUT2D eigenvalue weighted by Gasteiger charge is -2.10. The molecule has 0 bridgehead atoms. The van der Waals surface area contributed by atoms with Gasteiger partial charge in [-0.3, -0.25) is 0 Å². The summed E-state index contributed by atoms with van der Waals surface area (Å²) in [5.74, 6) is 0.965. The molecule has 1 heterocycles.